The molecule has 2 aliphatic rings. The van der Waals surface area contributed by atoms with Gasteiger partial charge in [0.1, 0.15) is 5.60 Å². The van der Waals surface area contributed by atoms with Crippen molar-refractivity contribution in [2.24, 2.45) is 0 Å². The Morgan fingerprint density at radius 3 is 2.78 bits per heavy atom. The molecule has 1 N–H and O–H groups in total. The smallest absolute Gasteiger partial charge is 0.407 e. The average Bonchev–Trinajstić information content (AvgIpc) is 2.59. The molecule has 2 saturated heterocycles. The van der Waals surface area contributed by atoms with Crippen LogP contribution in [0.5, 0.6) is 0 Å². The topological polar surface area (TPSA) is 58.6 Å². The van der Waals surface area contributed by atoms with Gasteiger partial charge in [0.25, 0.3) is 0 Å². The molecule has 2 heterocycles. The first-order chi connectivity index (χ1) is 8.37. The molecule has 0 aromatic rings. The van der Waals surface area contributed by atoms with Crippen LogP contribution in [0.1, 0.15) is 46.5 Å². The maximum atomic E-state index is 11.8. The third-order valence-corrected chi connectivity index (χ3v) is 3.46. The summed E-state index contributed by atoms with van der Waals surface area (Å²) in [5, 5.41) is 2.91. The SMILES string of the molecule is CC(C)(C)OC(=O)N[C@H]1CCCN2C(=O)CC[C@H]12. The Balaban J connectivity index is 1.93. The van der Waals surface area contributed by atoms with Crippen molar-refractivity contribution in [3.8, 4) is 0 Å². The number of ether oxygens (including phenoxy) is 1. The second kappa shape index (κ2) is 4.78. The molecular weight excluding hydrogens is 232 g/mol. The minimum Gasteiger partial charge on any atom is -0.444 e. The highest BCUT2D eigenvalue weighted by atomic mass is 16.6. The number of nitrogens with one attached hydrogen (secondary N) is 1. The van der Waals surface area contributed by atoms with E-state index in [4.69, 9.17) is 4.74 Å². The molecule has 18 heavy (non-hydrogen) atoms. The van der Waals surface area contributed by atoms with Crippen molar-refractivity contribution in [1.29, 1.82) is 0 Å². The van der Waals surface area contributed by atoms with Gasteiger partial charge in [0.2, 0.25) is 5.91 Å². The molecule has 0 aromatic carbocycles. The van der Waals surface area contributed by atoms with Gasteiger partial charge in [0.05, 0.1) is 12.1 Å². The monoisotopic (exact) mass is 254 g/mol. The molecule has 0 aromatic heterocycles. The number of fused-ring (bicyclic) bond motifs is 1. The Bertz CT molecular complexity index is 349. The lowest BCUT2D eigenvalue weighted by Gasteiger charge is -2.37. The van der Waals surface area contributed by atoms with Crippen LogP contribution in [-0.4, -0.2) is 41.1 Å². The first-order valence-corrected chi connectivity index (χ1v) is 6.66. The fourth-order valence-corrected chi connectivity index (χ4v) is 2.77. The van der Waals surface area contributed by atoms with Gasteiger partial charge in [-0.05, 0) is 40.0 Å². The summed E-state index contributed by atoms with van der Waals surface area (Å²) >= 11 is 0. The summed E-state index contributed by atoms with van der Waals surface area (Å²) < 4.78 is 5.26. The summed E-state index contributed by atoms with van der Waals surface area (Å²) in [6.45, 7) is 6.37. The highest BCUT2D eigenvalue weighted by Gasteiger charge is 2.39. The number of hydrogen-bond donors (Lipinski definition) is 1. The van der Waals surface area contributed by atoms with Crippen molar-refractivity contribution in [2.45, 2.75) is 64.1 Å². The summed E-state index contributed by atoms with van der Waals surface area (Å²) in [7, 11) is 0. The molecule has 2 fully saturated rings. The highest BCUT2D eigenvalue weighted by molar-refractivity contribution is 5.79. The van der Waals surface area contributed by atoms with E-state index in [1.54, 1.807) is 0 Å². The molecule has 5 heteroatoms. The minimum absolute atomic E-state index is 0.0417. The molecule has 2 amide bonds. The van der Waals surface area contributed by atoms with Crippen LogP contribution in [0.4, 0.5) is 4.79 Å². The van der Waals surface area contributed by atoms with E-state index < -0.39 is 5.60 Å². The van der Waals surface area contributed by atoms with Crippen molar-refractivity contribution in [3.63, 3.8) is 0 Å². The molecule has 0 spiro atoms. The van der Waals surface area contributed by atoms with Crippen molar-refractivity contribution >= 4 is 12.0 Å². The van der Waals surface area contributed by atoms with E-state index in [-0.39, 0.29) is 24.1 Å². The largest absolute Gasteiger partial charge is 0.444 e. The molecule has 2 atom stereocenters. The van der Waals surface area contributed by atoms with Crippen molar-refractivity contribution < 1.29 is 14.3 Å². The van der Waals surface area contributed by atoms with Gasteiger partial charge in [-0.25, -0.2) is 4.79 Å². The molecule has 0 saturated carbocycles. The number of nitrogens with zero attached hydrogens (tertiary/aromatic N) is 1. The van der Waals surface area contributed by atoms with Gasteiger partial charge in [0.15, 0.2) is 0 Å². The maximum absolute atomic E-state index is 11.8. The molecule has 2 aliphatic heterocycles. The van der Waals surface area contributed by atoms with Crippen LogP contribution >= 0.6 is 0 Å². The van der Waals surface area contributed by atoms with E-state index in [1.807, 2.05) is 25.7 Å². The lowest BCUT2D eigenvalue weighted by Crippen LogP contribution is -2.54. The fourth-order valence-electron chi connectivity index (χ4n) is 2.77. The fraction of sp³-hybridized carbons (Fsp3) is 0.846. The Morgan fingerprint density at radius 2 is 2.11 bits per heavy atom. The van der Waals surface area contributed by atoms with Crippen LogP contribution in [0.3, 0.4) is 0 Å². The predicted octanol–water partition coefficient (Wildman–Crippen LogP) is 1.66. The standard InChI is InChI=1S/C13H22N2O3/c1-13(2,3)18-12(17)14-9-5-4-8-15-10(9)6-7-11(15)16/h9-10H,4-8H2,1-3H3,(H,14,17)/t9-,10+/m0/s1. The van der Waals surface area contributed by atoms with E-state index in [0.29, 0.717) is 6.42 Å². The van der Waals surface area contributed by atoms with Crippen LogP contribution in [0.25, 0.3) is 0 Å². The summed E-state index contributed by atoms with van der Waals surface area (Å²) in [4.78, 5) is 25.3. The Hall–Kier alpha value is -1.26. The van der Waals surface area contributed by atoms with E-state index in [0.717, 1.165) is 25.8 Å². The quantitative estimate of drug-likeness (QED) is 0.774. The van der Waals surface area contributed by atoms with Gasteiger partial charge in [-0.1, -0.05) is 0 Å². The van der Waals surface area contributed by atoms with Gasteiger partial charge in [-0.3, -0.25) is 4.79 Å². The van der Waals surface area contributed by atoms with Crippen LogP contribution in [0.2, 0.25) is 0 Å². The Kier molecular flexibility index (Phi) is 3.50. The van der Waals surface area contributed by atoms with Crippen molar-refractivity contribution in [2.75, 3.05) is 6.54 Å². The number of piperidine rings is 1. The number of carbonyl (C=O) groups is 2. The molecule has 0 aliphatic carbocycles. The van der Waals surface area contributed by atoms with E-state index in [2.05, 4.69) is 5.32 Å². The van der Waals surface area contributed by atoms with Crippen molar-refractivity contribution in [3.05, 3.63) is 0 Å². The van der Waals surface area contributed by atoms with Crippen molar-refractivity contribution in [1.82, 2.24) is 10.2 Å². The summed E-state index contributed by atoms with van der Waals surface area (Å²) in [5.74, 6) is 0.218. The minimum atomic E-state index is -0.482. The predicted molar refractivity (Wildman–Crippen MR) is 67.1 cm³/mol. The molecule has 0 unspecified atom stereocenters. The van der Waals surface area contributed by atoms with Gasteiger partial charge in [0, 0.05) is 13.0 Å². The van der Waals surface area contributed by atoms with E-state index >= 15 is 0 Å². The van der Waals surface area contributed by atoms with Gasteiger partial charge in [-0.2, -0.15) is 0 Å². The maximum Gasteiger partial charge on any atom is 0.407 e. The molecule has 0 bridgehead atoms. The zero-order valence-corrected chi connectivity index (χ0v) is 11.4. The number of amides is 2. The lowest BCUT2D eigenvalue weighted by molar-refractivity contribution is -0.130. The van der Waals surface area contributed by atoms with Crippen LogP contribution < -0.4 is 5.32 Å². The van der Waals surface area contributed by atoms with Crippen LogP contribution in [0.15, 0.2) is 0 Å². The second-order valence-corrected chi connectivity index (χ2v) is 6.09. The summed E-state index contributed by atoms with van der Waals surface area (Å²) in [5.41, 5.74) is -0.482. The van der Waals surface area contributed by atoms with Gasteiger partial charge >= 0.3 is 6.09 Å². The number of hydrogen-bond acceptors (Lipinski definition) is 3. The first kappa shape index (κ1) is 13.2. The highest BCUT2D eigenvalue weighted by Crippen LogP contribution is 2.28. The normalized spacial score (nSPS) is 27.9. The Labute approximate surface area is 108 Å². The molecule has 5 nitrogen and oxygen atoms in total. The Morgan fingerprint density at radius 1 is 1.39 bits per heavy atom. The van der Waals surface area contributed by atoms with E-state index in [1.165, 1.54) is 0 Å². The summed E-state index contributed by atoms with van der Waals surface area (Å²) in [6.07, 6.45) is 2.95. The number of alkyl carbamates (subject to hydrolysis) is 1. The molecule has 0 radical (unpaired) electrons. The number of rotatable bonds is 1. The second-order valence-electron chi connectivity index (χ2n) is 6.09. The zero-order chi connectivity index (χ0) is 13.3. The third kappa shape index (κ3) is 2.94. The molecular formula is C13H22N2O3. The van der Waals surface area contributed by atoms with Gasteiger partial charge < -0.3 is 15.0 Å². The first-order valence-electron chi connectivity index (χ1n) is 6.66. The lowest BCUT2D eigenvalue weighted by atomic mass is 9.96. The summed E-state index contributed by atoms with van der Waals surface area (Å²) in [6, 6.07) is 0.207. The molecule has 2 rings (SSSR count). The van der Waals surface area contributed by atoms with Crippen LogP contribution in [-0.2, 0) is 9.53 Å². The third-order valence-electron chi connectivity index (χ3n) is 3.46. The number of carbonyl (C=O) groups excluding carboxylic acids is 2. The average molecular weight is 254 g/mol. The van der Waals surface area contributed by atoms with E-state index in [9.17, 15) is 9.59 Å². The zero-order valence-electron chi connectivity index (χ0n) is 11.4. The molecule has 102 valence electrons. The van der Waals surface area contributed by atoms with Gasteiger partial charge in [-0.15, -0.1) is 0 Å². The van der Waals surface area contributed by atoms with Crippen LogP contribution in [0, 0.1) is 0 Å².